The fourth-order valence-electron chi connectivity index (χ4n) is 6.79. The van der Waals surface area contributed by atoms with E-state index in [9.17, 15) is 0 Å². The summed E-state index contributed by atoms with van der Waals surface area (Å²) in [5, 5.41) is 7.90. The Balaban J connectivity index is 1.49. The van der Waals surface area contributed by atoms with Crippen molar-refractivity contribution in [2.75, 3.05) is 0 Å². The number of fused-ring (bicyclic) bond motifs is 2. The summed E-state index contributed by atoms with van der Waals surface area (Å²) in [6.07, 6.45) is 2.01. The van der Waals surface area contributed by atoms with E-state index < -0.39 is 15.8 Å². The van der Waals surface area contributed by atoms with Gasteiger partial charge in [0.15, 0.2) is 0 Å². The molecule has 0 bridgehead atoms. The maximum Gasteiger partial charge on any atom is 0.139 e. The molecule has 0 saturated heterocycles. The quantitative estimate of drug-likeness (QED) is 0.158. The lowest BCUT2D eigenvalue weighted by atomic mass is 9.69. The van der Waals surface area contributed by atoms with Gasteiger partial charge in [0, 0.05) is 27.2 Å². The predicted octanol–water partition coefficient (Wildman–Crippen LogP) is 8.41. The molecular formula is C41H36OP2. The summed E-state index contributed by atoms with van der Waals surface area (Å²) in [6, 6.07) is 57.7. The molecule has 0 fully saturated rings. The molecule has 0 aliphatic carbocycles. The van der Waals surface area contributed by atoms with Crippen LogP contribution in [0, 0.1) is 0 Å². The zero-order chi connectivity index (χ0) is 29.9. The first kappa shape index (κ1) is 28.7. The number of hydrogen-bond acceptors (Lipinski definition) is 1. The zero-order valence-corrected chi connectivity index (χ0v) is 27.0. The van der Waals surface area contributed by atoms with E-state index in [2.05, 4.69) is 172 Å². The number of hydrogen-bond donors (Lipinski definition) is 0. The van der Waals surface area contributed by atoms with Crippen molar-refractivity contribution in [3.63, 3.8) is 0 Å². The number of rotatable bonds is 8. The second-order valence-electron chi connectivity index (χ2n) is 11.2. The third-order valence-corrected chi connectivity index (χ3v) is 13.9. The highest BCUT2D eigenvalue weighted by Gasteiger charge is 2.43. The molecule has 0 N–H and O–H groups in total. The third-order valence-electron chi connectivity index (χ3n) is 8.97. The Bertz CT molecular complexity index is 1640. The maximum absolute atomic E-state index is 7.38. The van der Waals surface area contributed by atoms with Crippen LogP contribution in [-0.4, -0.2) is 0 Å². The van der Waals surface area contributed by atoms with Gasteiger partial charge in [-0.25, -0.2) is 0 Å². The average Bonchev–Trinajstić information content (AvgIpc) is 3.10. The Hall–Kier alpha value is -4.02. The van der Waals surface area contributed by atoms with E-state index in [-0.39, 0.29) is 5.41 Å². The maximum atomic E-state index is 7.38. The molecule has 1 aliphatic rings. The molecule has 0 saturated carbocycles. The fourth-order valence-corrected chi connectivity index (χ4v) is 11.6. The van der Waals surface area contributed by atoms with E-state index in [4.69, 9.17) is 4.74 Å². The van der Waals surface area contributed by atoms with Gasteiger partial charge in [-0.1, -0.05) is 172 Å². The first-order valence-corrected chi connectivity index (χ1v) is 18.2. The topological polar surface area (TPSA) is 9.23 Å². The predicted molar refractivity (Wildman–Crippen MR) is 192 cm³/mol. The lowest BCUT2D eigenvalue weighted by Gasteiger charge is -2.42. The molecule has 44 heavy (non-hydrogen) atoms. The van der Waals surface area contributed by atoms with Gasteiger partial charge in [-0.3, -0.25) is 0 Å². The summed E-state index contributed by atoms with van der Waals surface area (Å²) in [4.78, 5) is 0. The van der Waals surface area contributed by atoms with Crippen molar-refractivity contribution in [1.82, 2.24) is 0 Å². The molecule has 3 heteroatoms. The average molecular weight is 607 g/mol. The van der Waals surface area contributed by atoms with Gasteiger partial charge in [-0.05, 0) is 49.9 Å². The Morgan fingerprint density at radius 3 is 1.02 bits per heavy atom. The summed E-state index contributed by atoms with van der Waals surface area (Å²) in [7, 11) is -1.67. The minimum absolute atomic E-state index is 0.141. The van der Waals surface area contributed by atoms with Crippen LogP contribution in [0.25, 0.3) is 0 Å². The van der Waals surface area contributed by atoms with Crippen molar-refractivity contribution in [1.29, 1.82) is 0 Å². The molecule has 7 rings (SSSR count). The Morgan fingerprint density at radius 2 is 0.727 bits per heavy atom. The van der Waals surface area contributed by atoms with E-state index in [1.54, 1.807) is 0 Å². The Labute approximate surface area is 264 Å². The highest BCUT2D eigenvalue weighted by molar-refractivity contribution is 7.80. The Kier molecular flexibility index (Phi) is 8.18. The standard InChI is InChI=1S/C41H36OP2/c1-3-41(4-2)35-27-17-29-37(43(31-19-9-5-10-20-31)32-21-11-6-12-22-32)39(35)42-40-36(41)28-18-30-38(40)44(33-23-13-7-14-24-33)34-25-15-8-16-26-34/h5-30H,3-4H2,1-2H3. The van der Waals surface area contributed by atoms with Crippen LogP contribution in [0.1, 0.15) is 37.8 Å². The molecule has 1 aliphatic heterocycles. The van der Waals surface area contributed by atoms with Gasteiger partial charge in [-0.15, -0.1) is 0 Å². The van der Waals surface area contributed by atoms with Crippen LogP contribution in [0.3, 0.4) is 0 Å². The van der Waals surface area contributed by atoms with E-state index in [0.717, 1.165) is 24.3 Å². The zero-order valence-electron chi connectivity index (χ0n) is 25.2. The number of para-hydroxylation sites is 2. The van der Waals surface area contributed by atoms with Crippen molar-refractivity contribution in [2.24, 2.45) is 0 Å². The molecule has 0 amide bonds. The molecule has 0 spiro atoms. The normalized spacial score (nSPS) is 13.3. The minimum Gasteiger partial charge on any atom is -0.455 e. The SMILES string of the molecule is CCC1(CC)c2cccc(P(c3ccccc3)c3ccccc3)c2Oc2c(P(c3ccccc3)c3ccccc3)cccc21. The molecule has 1 heterocycles. The van der Waals surface area contributed by atoms with Crippen molar-refractivity contribution < 1.29 is 4.74 Å². The van der Waals surface area contributed by atoms with Crippen LogP contribution < -0.4 is 36.6 Å². The summed E-state index contributed by atoms with van der Waals surface area (Å²) < 4.78 is 7.38. The summed E-state index contributed by atoms with van der Waals surface area (Å²) >= 11 is 0. The molecule has 0 radical (unpaired) electrons. The summed E-state index contributed by atoms with van der Waals surface area (Å²) in [5.41, 5.74) is 2.48. The van der Waals surface area contributed by atoms with Crippen LogP contribution >= 0.6 is 15.8 Å². The van der Waals surface area contributed by atoms with E-state index in [0.29, 0.717) is 0 Å². The van der Waals surface area contributed by atoms with Crippen molar-refractivity contribution in [3.8, 4) is 11.5 Å². The van der Waals surface area contributed by atoms with Crippen LogP contribution in [0.4, 0.5) is 0 Å². The van der Waals surface area contributed by atoms with Crippen LogP contribution in [-0.2, 0) is 5.41 Å². The van der Waals surface area contributed by atoms with Gasteiger partial charge < -0.3 is 4.74 Å². The molecule has 0 aromatic heterocycles. The highest BCUT2D eigenvalue weighted by atomic mass is 31.1. The first-order valence-electron chi connectivity index (χ1n) is 15.5. The lowest BCUT2D eigenvalue weighted by molar-refractivity contribution is 0.379. The second kappa shape index (κ2) is 12.5. The molecular weight excluding hydrogens is 570 g/mol. The van der Waals surface area contributed by atoms with Gasteiger partial charge in [0.25, 0.3) is 0 Å². The van der Waals surface area contributed by atoms with Gasteiger partial charge in [-0.2, -0.15) is 0 Å². The third kappa shape index (κ3) is 4.99. The van der Waals surface area contributed by atoms with Gasteiger partial charge in [0.2, 0.25) is 0 Å². The Morgan fingerprint density at radius 1 is 0.409 bits per heavy atom. The lowest BCUT2D eigenvalue weighted by Crippen LogP contribution is -2.35. The van der Waals surface area contributed by atoms with Crippen LogP contribution in [0.2, 0.25) is 0 Å². The summed E-state index contributed by atoms with van der Waals surface area (Å²) in [5.74, 6) is 2.09. The van der Waals surface area contributed by atoms with Gasteiger partial charge >= 0.3 is 0 Å². The van der Waals surface area contributed by atoms with Crippen molar-refractivity contribution in [2.45, 2.75) is 32.1 Å². The van der Waals surface area contributed by atoms with Gasteiger partial charge in [0.05, 0.1) is 0 Å². The van der Waals surface area contributed by atoms with E-state index in [1.165, 1.54) is 43.0 Å². The monoisotopic (exact) mass is 606 g/mol. The fraction of sp³-hybridized carbons (Fsp3) is 0.122. The molecule has 216 valence electrons. The smallest absolute Gasteiger partial charge is 0.139 e. The van der Waals surface area contributed by atoms with Crippen LogP contribution in [0.15, 0.2) is 158 Å². The largest absolute Gasteiger partial charge is 0.455 e. The molecule has 0 unspecified atom stereocenters. The van der Waals surface area contributed by atoms with E-state index in [1.807, 2.05) is 0 Å². The first-order chi connectivity index (χ1) is 21.7. The number of benzene rings is 6. The van der Waals surface area contributed by atoms with Crippen molar-refractivity contribution in [3.05, 3.63) is 169 Å². The molecule has 6 aromatic carbocycles. The van der Waals surface area contributed by atoms with E-state index >= 15 is 0 Å². The molecule has 0 atom stereocenters. The minimum atomic E-state index is -0.834. The second-order valence-corrected chi connectivity index (χ2v) is 15.6. The molecule has 1 nitrogen and oxygen atoms in total. The summed E-state index contributed by atoms with van der Waals surface area (Å²) in [6.45, 7) is 4.69. The van der Waals surface area contributed by atoms with Crippen LogP contribution in [0.5, 0.6) is 11.5 Å². The number of ether oxygens (including phenoxy) is 1. The van der Waals surface area contributed by atoms with Gasteiger partial charge in [0.1, 0.15) is 11.5 Å². The van der Waals surface area contributed by atoms with Crippen molar-refractivity contribution >= 4 is 47.7 Å². The highest BCUT2D eigenvalue weighted by Crippen LogP contribution is 2.54. The molecule has 6 aromatic rings.